The van der Waals surface area contributed by atoms with Crippen molar-refractivity contribution in [3.8, 4) is 0 Å². The highest BCUT2D eigenvalue weighted by Crippen LogP contribution is 2.21. The lowest BCUT2D eigenvalue weighted by molar-refractivity contribution is -0.170. The fourth-order valence-electron chi connectivity index (χ4n) is 1.37. The van der Waals surface area contributed by atoms with Crippen LogP contribution in [0.1, 0.15) is 6.42 Å². The molecule has 0 saturated carbocycles. The molecule has 0 aliphatic carbocycles. The second-order valence-corrected chi connectivity index (χ2v) is 3.49. The quantitative estimate of drug-likeness (QED) is 0.791. The van der Waals surface area contributed by atoms with Gasteiger partial charge in [0.1, 0.15) is 0 Å². The number of rotatable bonds is 2. The van der Waals surface area contributed by atoms with Crippen molar-refractivity contribution in [2.45, 2.75) is 24.7 Å². The van der Waals surface area contributed by atoms with Crippen molar-refractivity contribution in [2.24, 2.45) is 5.73 Å². The number of likely N-dealkylation sites (N-methyl/N-ethyl adjacent to an activating group) is 1. The summed E-state index contributed by atoms with van der Waals surface area (Å²) in [5.41, 5.74) is 4.81. The first-order valence-corrected chi connectivity index (χ1v) is 4.50. The van der Waals surface area contributed by atoms with E-state index < -0.39 is 18.1 Å². The van der Waals surface area contributed by atoms with Crippen molar-refractivity contribution in [2.75, 3.05) is 20.3 Å². The van der Waals surface area contributed by atoms with Gasteiger partial charge in [0, 0.05) is 13.7 Å². The molecule has 1 fully saturated rings. The molecular formula is C8H14ClF3N2O2. The fourth-order valence-corrected chi connectivity index (χ4v) is 1.37. The molecule has 2 N–H and O–H groups in total. The molecule has 0 aromatic rings. The Bertz CT molecular complexity index is 244. The minimum Gasteiger partial charge on any atom is -0.379 e. The Morgan fingerprint density at radius 2 is 2.12 bits per heavy atom. The minimum atomic E-state index is -4.69. The maximum Gasteiger partial charge on any atom is 0.412 e. The van der Waals surface area contributed by atoms with Crippen LogP contribution in [0.15, 0.2) is 0 Å². The van der Waals surface area contributed by atoms with Crippen LogP contribution in [0.3, 0.4) is 0 Å². The van der Waals surface area contributed by atoms with Crippen molar-refractivity contribution in [1.29, 1.82) is 0 Å². The van der Waals surface area contributed by atoms with Crippen LogP contribution in [0.5, 0.6) is 0 Å². The molecule has 2 unspecified atom stereocenters. The highest BCUT2D eigenvalue weighted by molar-refractivity contribution is 5.85. The van der Waals surface area contributed by atoms with Gasteiger partial charge in [-0.2, -0.15) is 13.2 Å². The molecule has 1 aliphatic rings. The number of halogens is 4. The number of carbonyl (C=O) groups excluding carboxylic acids is 1. The molecule has 0 aromatic heterocycles. The average molecular weight is 263 g/mol. The largest absolute Gasteiger partial charge is 0.412 e. The highest BCUT2D eigenvalue weighted by atomic mass is 35.5. The van der Waals surface area contributed by atoms with Crippen LogP contribution in [0, 0.1) is 0 Å². The normalized spacial score (nSPS) is 22.4. The van der Waals surface area contributed by atoms with Gasteiger partial charge in [-0.1, -0.05) is 0 Å². The van der Waals surface area contributed by atoms with Crippen molar-refractivity contribution < 1.29 is 22.7 Å². The van der Waals surface area contributed by atoms with E-state index >= 15 is 0 Å². The number of ether oxygens (including phenoxy) is 1. The lowest BCUT2D eigenvalue weighted by Crippen LogP contribution is -2.53. The van der Waals surface area contributed by atoms with Crippen LogP contribution < -0.4 is 5.73 Å². The Kier molecular flexibility index (Phi) is 5.51. The summed E-state index contributed by atoms with van der Waals surface area (Å²) >= 11 is 0. The molecule has 0 aromatic carbocycles. The molecule has 8 heteroatoms. The second-order valence-electron chi connectivity index (χ2n) is 3.49. The first-order chi connectivity index (χ1) is 6.84. The molecule has 1 heterocycles. The van der Waals surface area contributed by atoms with E-state index in [1.165, 1.54) is 7.05 Å². The third kappa shape index (κ3) is 3.50. The maximum atomic E-state index is 12.1. The Hall–Kier alpha value is -0.530. The molecule has 0 bridgehead atoms. The Morgan fingerprint density at radius 3 is 2.50 bits per heavy atom. The van der Waals surface area contributed by atoms with Crippen molar-refractivity contribution in [3.63, 3.8) is 0 Å². The van der Waals surface area contributed by atoms with Crippen LogP contribution in [0.25, 0.3) is 0 Å². The van der Waals surface area contributed by atoms with E-state index in [1.807, 2.05) is 0 Å². The van der Waals surface area contributed by atoms with Crippen LogP contribution in [0.4, 0.5) is 13.2 Å². The zero-order chi connectivity index (χ0) is 11.6. The molecule has 1 saturated heterocycles. The van der Waals surface area contributed by atoms with Crippen molar-refractivity contribution >= 4 is 18.3 Å². The van der Waals surface area contributed by atoms with Gasteiger partial charge < -0.3 is 15.4 Å². The number of carbonyl (C=O) groups is 1. The molecule has 1 rings (SSSR count). The summed E-state index contributed by atoms with van der Waals surface area (Å²) in [6, 6.07) is -2.74. The average Bonchev–Trinajstić information content (AvgIpc) is 2.65. The summed E-state index contributed by atoms with van der Waals surface area (Å²) < 4.78 is 41.4. The van der Waals surface area contributed by atoms with Gasteiger partial charge in [-0.05, 0) is 6.42 Å². The molecule has 4 nitrogen and oxygen atoms in total. The SMILES string of the molecule is CN(C(=O)C(N)C(F)(F)F)C1CCOC1.Cl. The van der Waals surface area contributed by atoms with Gasteiger partial charge in [0.15, 0.2) is 6.04 Å². The van der Waals surface area contributed by atoms with Crippen LogP contribution in [-0.4, -0.2) is 49.3 Å². The van der Waals surface area contributed by atoms with Crippen molar-refractivity contribution in [3.05, 3.63) is 0 Å². The number of hydrogen-bond acceptors (Lipinski definition) is 3. The predicted octanol–water partition coefficient (Wildman–Crippen LogP) is 0.545. The summed E-state index contributed by atoms with van der Waals surface area (Å²) in [7, 11) is 1.31. The summed E-state index contributed by atoms with van der Waals surface area (Å²) in [5.74, 6) is -1.11. The first kappa shape index (κ1) is 15.5. The molecule has 1 amide bonds. The van der Waals surface area contributed by atoms with Crippen molar-refractivity contribution in [1.82, 2.24) is 4.90 Å². The van der Waals surface area contributed by atoms with Crippen LogP contribution in [-0.2, 0) is 9.53 Å². The Morgan fingerprint density at radius 1 is 1.56 bits per heavy atom. The topological polar surface area (TPSA) is 55.6 Å². The maximum absolute atomic E-state index is 12.1. The van der Waals surface area contributed by atoms with E-state index in [1.54, 1.807) is 0 Å². The van der Waals surface area contributed by atoms with Crippen LogP contribution in [0.2, 0.25) is 0 Å². The molecular weight excluding hydrogens is 249 g/mol. The number of amides is 1. The number of alkyl halides is 3. The number of hydrogen-bond donors (Lipinski definition) is 1. The summed E-state index contributed by atoms with van der Waals surface area (Å²) in [6.07, 6.45) is -4.14. The smallest absolute Gasteiger partial charge is 0.379 e. The van der Waals surface area contributed by atoms with E-state index in [9.17, 15) is 18.0 Å². The molecule has 16 heavy (non-hydrogen) atoms. The standard InChI is InChI=1S/C8H13F3N2O2.ClH/c1-13(5-2-3-15-4-5)7(14)6(12)8(9,10)11;/h5-6H,2-4,12H2,1H3;1H. The summed E-state index contributed by atoms with van der Waals surface area (Å²) in [4.78, 5) is 12.3. The predicted molar refractivity (Wildman–Crippen MR) is 53.3 cm³/mol. The van der Waals surface area contributed by atoms with E-state index in [0.717, 1.165) is 4.90 Å². The van der Waals surface area contributed by atoms with Gasteiger partial charge in [-0.15, -0.1) is 12.4 Å². The molecule has 2 atom stereocenters. The van der Waals surface area contributed by atoms with Gasteiger partial charge in [-0.25, -0.2) is 0 Å². The second kappa shape index (κ2) is 5.70. The molecule has 0 radical (unpaired) electrons. The summed E-state index contributed by atoms with van der Waals surface area (Å²) in [5, 5.41) is 0. The zero-order valence-corrected chi connectivity index (χ0v) is 9.48. The zero-order valence-electron chi connectivity index (χ0n) is 8.66. The number of nitrogens with zero attached hydrogens (tertiary/aromatic N) is 1. The monoisotopic (exact) mass is 262 g/mol. The lowest BCUT2D eigenvalue weighted by atomic mass is 10.2. The van der Waals surface area contributed by atoms with E-state index in [2.05, 4.69) is 0 Å². The minimum absolute atomic E-state index is 0. The van der Waals surface area contributed by atoms with Gasteiger partial charge in [-0.3, -0.25) is 4.79 Å². The van der Waals surface area contributed by atoms with E-state index in [0.29, 0.717) is 13.0 Å². The lowest BCUT2D eigenvalue weighted by Gasteiger charge is -2.26. The van der Waals surface area contributed by atoms with E-state index in [-0.39, 0.29) is 25.1 Å². The molecule has 1 aliphatic heterocycles. The van der Waals surface area contributed by atoms with E-state index in [4.69, 9.17) is 10.5 Å². The Labute approximate surface area is 97.3 Å². The fraction of sp³-hybridized carbons (Fsp3) is 0.875. The van der Waals surface area contributed by atoms with Crippen LogP contribution >= 0.6 is 12.4 Å². The molecule has 0 spiro atoms. The number of nitrogens with two attached hydrogens (primary N) is 1. The molecule has 96 valence electrons. The third-order valence-corrected chi connectivity index (χ3v) is 2.42. The Balaban J connectivity index is 0.00000225. The highest BCUT2D eigenvalue weighted by Gasteiger charge is 2.44. The van der Waals surface area contributed by atoms with Gasteiger partial charge in [0.05, 0.1) is 12.6 Å². The first-order valence-electron chi connectivity index (χ1n) is 4.50. The van der Waals surface area contributed by atoms with Gasteiger partial charge >= 0.3 is 6.18 Å². The van der Waals surface area contributed by atoms with Gasteiger partial charge in [0.2, 0.25) is 5.91 Å². The van der Waals surface area contributed by atoms with Gasteiger partial charge in [0.25, 0.3) is 0 Å². The third-order valence-electron chi connectivity index (χ3n) is 2.42. The summed E-state index contributed by atoms with van der Waals surface area (Å²) in [6.45, 7) is 0.732.